The van der Waals surface area contributed by atoms with Gasteiger partial charge in [-0.3, -0.25) is 10.1 Å². The van der Waals surface area contributed by atoms with Gasteiger partial charge in [0.1, 0.15) is 0 Å². The summed E-state index contributed by atoms with van der Waals surface area (Å²) in [5, 5.41) is 28.3. The molecule has 1 aromatic rings. The third kappa shape index (κ3) is 3.40. The van der Waals surface area contributed by atoms with E-state index >= 15 is 0 Å². The zero-order valence-electron chi connectivity index (χ0n) is 9.94. The highest BCUT2D eigenvalue weighted by molar-refractivity contribution is 7.91. The van der Waals surface area contributed by atoms with E-state index in [9.17, 15) is 18.5 Å². The molecule has 0 atom stereocenters. The first kappa shape index (κ1) is 15.3. The van der Waals surface area contributed by atoms with Gasteiger partial charge in [-0.15, -0.1) is 0 Å². The predicted molar refractivity (Wildman–Crippen MR) is 67.4 cm³/mol. The van der Waals surface area contributed by atoms with Crippen LogP contribution in [-0.2, 0) is 16.3 Å². The molecule has 0 bridgehead atoms. The minimum absolute atomic E-state index is 0.00909. The first-order chi connectivity index (χ1) is 8.83. The van der Waals surface area contributed by atoms with E-state index in [-0.39, 0.29) is 29.2 Å². The van der Waals surface area contributed by atoms with E-state index in [1.807, 2.05) is 0 Å². The summed E-state index contributed by atoms with van der Waals surface area (Å²) in [6, 6.07) is 1.99. The summed E-state index contributed by atoms with van der Waals surface area (Å²) in [5.41, 5.74) is 5.30. The minimum atomic E-state index is -3.90. The molecule has 0 unspecified atom stereocenters. The zero-order chi connectivity index (χ0) is 14.6. The van der Waals surface area contributed by atoms with Crippen molar-refractivity contribution < 1.29 is 23.6 Å². The quantitative estimate of drug-likeness (QED) is 0.363. The topological polar surface area (TPSA) is 144 Å². The van der Waals surface area contributed by atoms with E-state index in [2.05, 4.69) is 0 Å². The molecule has 0 spiro atoms. The van der Waals surface area contributed by atoms with Crippen LogP contribution in [0.5, 0.6) is 0 Å². The van der Waals surface area contributed by atoms with Gasteiger partial charge in [0.2, 0.25) is 0 Å². The lowest BCUT2D eigenvalue weighted by molar-refractivity contribution is -0.385. The number of benzene rings is 1. The molecular formula is C10H14N2O6S. The van der Waals surface area contributed by atoms with Crippen LogP contribution in [0.3, 0.4) is 0 Å². The number of aliphatic hydroxyl groups is 2. The van der Waals surface area contributed by atoms with E-state index in [4.69, 9.17) is 15.9 Å². The lowest BCUT2D eigenvalue weighted by Gasteiger charge is -2.10. The van der Waals surface area contributed by atoms with Crippen molar-refractivity contribution in [2.75, 3.05) is 24.7 Å². The van der Waals surface area contributed by atoms with Crippen LogP contribution in [0.25, 0.3) is 0 Å². The third-order valence-electron chi connectivity index (χ3n) is 2.50. The standard InChI is InChI=1S/C10H14N2O6S/c11-10-7(1-2-13)5-8(12(15)16)6-9(10)19(17,18)4-3-14/h5-6,13-14H,1-4,11H2. The van der Waals surface area contributed by atoms with E-state index in [1.54, 1.807) is 0 Å². The van der Waals surface area contributed by atoms with Crippen molar-refractivity contribution in [2.45, 2.75) is 11.3 Å². The molecule has 0 amide bonds. The second kappa shape index (κ2) is 5.95. The number of anilines is 1. The second-order valence-corrected chi connectivity index (χ2v) is 5.87. The highest BCUT2D eigenvalue weighted by atomic mass is 32.2. The SMILES string of the molecule is Nc1c(CCO)cc([N+](=O)[O-])cc1S(=O)(=O)CCO. The van der Waals surface area contributed by atoms with Gasteiger partial charge in [0, 0.05) is 18.7 Å². The lowest BCUT2D eigenvalue weighted by atomic mass is 10.1. The molecule has 0 aliphatic carbocycles. The molecule has 9 heteroatoms. The monoisotopic (exact) mass is 290 g/mol. The number of hydrogen-bond acceptors (Lipinski definition) is 7. The van der Waals surface area contributed by atoms with Crippen molar-refractivity contribution in [3.05, 3.63) is 27.8 Å². The average molecular weight is 290 g/mol. The summed E-state index contributed by atoms with van der Waals surface area (Å²) >= 11 is 0. The van der Waals surface area contributed by atoms with Crippen molar-refractivity contribution in [3.8, 4) is 0 Å². The number of nitro groups is 1. The van der Waals surface area contributed by atoms with Crippen molar-refractivity contribution >= 4 is 21.2 Å². The van der Waals surface area contributed by atoms with E-state index in [1.165, 1.54) is 0 Å². The van der Waals surface area contributed by atoms with E-state index in [0.717, 1.165) is 12.1 Å². The highest BCUT2D eigenvalue weighted by Crippen LogP contribution is 2.29. The number of aliphatic hydroxyl groups excluding tert-OH is 2. The molecule has 1 aromatic carbocycles. The average Bonchev–Trinajstić information content (AvgIpc) is 2.31. The minimum Gasteiger partial charge on any atom is -0.397 e. The molecular weight excluding hydrogens is 276 g/mol. The number of nitro benzene ring substituents is 1. The van der Waals surface area contributed by atoms with E-state index < -0.39 is 32.8 Å². The molecule has 1 rings (SSSR count). The molecule has 8 nitrogen and oxygen atoms in total. The fourth-order valence-corrected chi connectivity index (χ4v) is 2.82. The summed E-state index contributed by atoms with van der Waals surface area (Å²) in [6.45, 7) is -0.926. The van der Waals surface area contributed by atoms with Gasteiger partial charge in [-0.1, -0.05) is 0 Å². The van der Waals surface area contributed by atoms with Crippen LogP contribution in [0.15, 0.2) is 17.0 Å². The number of nitrogens with zero attached hydrogens (tertiary/aromatic N) is 1. The van der Waals surface area contributed by atoms with Gasteiger partial charge >= 0.3 is 0 Å². The Morgan fingerprint density at radius 3 is 2.37 bits per heavy atom. The number of sulfone groups is 1. The summed E-state index contributed by atoms with van der Waals surface area (Å²) in [6.07, 6.45) is 0.00909. The van der Waals surface area contributed by atoms with Crippen LogP contribution in [0.4, 0.5) is 11.4 Å². The molecule has 0 aliphatic heterocycles. The van der Waals surface area contributed by atoms with Crippen LogP contribution in [0.2, 0.25) is 0 Å². The smallest absolute Gasteiger partial charge is 0.271 e. The number of nitrogen functional groups attached to an aromatic ring is 1. The Morgan fingerprint density at radius 2 is 1.89 bits per heavy atom. The van der Waals surface area contributed by atoms with Gasteiger partial charge in [-0.05, 0) is 12.0 Å². The molecule has 0 saturated carbocycles. The molecule has 106 valence electrons. The Kier molecular flexibility index (Phi) is 4.81. The van der Waals surface area contributed by atoms with Crippen LogP contribution in [-0.4, -0.2) is 42.5 Å². The van der Waals surface area contributed by atoms with E-state index in [0.29, 0.717) is 0 Å². The number of hydrogen-bond donors (Lipinski definition) is 3. The number of rotatable bonds is 6. The summed E-state index contributed by atoms with van der Waals surface area (Å²) in [7, 11) is -3.90. The van der Waals surface area contributed by atoms with Crippen LogP contribution in [0.1, 0.15) is 5.56 Å². The Hall–Kier alpha value is -1.71. The largest absolute Gasteiger partial charge is 0.397 e. The summed E-state index contributed by atoms with van der Waals surface area (Å²) in [5.74, 6) is -0.572. The van der Waals surface area contributed by atoms with Gasteiger partial charge in [-0.25, -0.2) is 8.42 Å². The van der Waals surface area contributed by atoms with Crippen LogP contribution in [0, 0.1) is 10.1 Å². The fourth-order valence-electron chi connectivity index (χ4n) is 1.59. The molecule has 0 heterocycles. The maximum atomic E-state index is 11.9. The molecule has 0 radical (unpaired) electrons. The van der Waals surface area contributed by atoms with Gasteiger partial charge in [-0.2, -0.15) is 0 Å². The molecule has 0 aromatic heterocycles. The van der Waals surface area contributed by atoms with Crippen LogP contribution >= 0.6 is 0 Å². The second-order valence-electron chi connectivity index (χ2n) is 3.79. The summed E-state index contributed by atoms with van der Waals surface area (Å²) in [4.78, 5) is 9.64. The first-order valence-electron chi connectivity index (χ1n) is 5.34. The summed E-state index contributed by atoms with van der Waals surface area (Å²) < 4.78 is 23.7. The highest BCUT2D eigenvalue weighted by Gasteiger charge is 2.23. The number of nitrogens with two attached hydrogens (primary N) is 1. The Morgan fingerprint density at radius 1 is 1.26 bits per heavy atom. The Bertz CT molecular complexity index is 584. The number of non-ortho nitro benzene ring substituents is 1. The molecule has 0 fully saturated rings. The maximum absolute atomic E-state index is 11.9. The predicted octanol–water partition coefficient (Wildman–Crippen LogP) is -0.522. The Balaban J connectivity index is 3.50. The Labute approximate surface area is 109 Å². The van der Waals surface area contributed by atoms with Crippen molar-refractivity contribution in [2.24, 2.45) is 0 Å². The third-order valence-corrected chi connectivity index (χ3v) is 4.23. The van der Waals surface area contributed by atoms with Crippen LogP contribution < -0.4 is 5.73 Å². The fraction of sp³-hybridized carbons (Fsp3) is 0.400. The molecule has 19 heavy (non-hydrogen) atoms. The first-order valence-corrected chi connectivity index (χ1v) is 7.00. The maximum Gasteiger partial charge on any atom is 0.271 e. The normalized spacial score (nSPS) is 11.5. The van der Waals surface area contributed by atoms with Gasteiger partial charge in [0.25, 0.3) is 5.69 Å². The zero-order valence-corrected chi connectivity index (χ0v) is 10.8. The molecule has 4 N–H and O–H groups in total. The van der Waals surface area contributed by atoms with Gasteiger partial charge < -0.3 is 15.9 Å². The van der Waals surface area contributed by atoms with Crippen molar-refractivity contribution in [3.63, 3.8) is 0 Å². The molecule has 0 saturated heterocycles. The van der Waals surface area contributed by atoms with Gasteiger partial charge in [0.05, 0.1) is 27.9 Å². The van der Waals surface area contributed by atoms with Gasteiger partial charge in [0.15, 0.2) is 9.84 Å². The van der Waals surface area contributed by atoms with Crippen molar-refractivity contribution in [1.29, 1.82) is 0 Å². The lowest BCUT2D eigenvalue weighted by Crippen LogP contribution is -2.14. The van der Waals surface area contributed by atoms with Crippen molar-refractivity contribution in [1.82, 2.24) is 0 Å². The molecule has 0 aliphatic rings.